The van der Waals surface area contributed by atoms with Crippen LogP contribution in [-0.2, 0) is 9.53 Å². The van der Waals surface area contributed by atoms with Gasteiger partial charge in [-0.15, -0.1) is 0 Å². The summed E-state index contributed by atoms with van der Waals surface area (Å²) in [5.74, 6) is -1.07. The fourth-order valence-electron chi connectivity index (χ4n) is 2.26. The van der Waals surface area contributed by atoms with Crippen LogP contribution in [0.5, 0.6) is 0 Å². The summed E-state index contributed by atoms with van der Waals surface area (Å²) in [5, 5.41) is 9.30. The number of carboxylic acid groups (broad SMARTS) is 1. The molecule has 0 radical (unpaired) electrons. The number of benzene rings is 1. The second kappa shape index (κ2) is 6.24. The van der Waals surface area contributed by atoms with Gasteiger partial charge in [0, 0.05) is 23.7 Å². The van der Waals surface area contributed by atoms with Crippen LogP contribution >= 0.6 is 11.6 Å². The van der Waals surface area contributed by atoms with E-state index in [1.807, 2.05) is 6.92 Å². The second-order valence-electron chi connectivity index (χ2n) is 4.86. The summed E-state index contributed by atoms with van der Waals surface area (Å²) in [6.07, 6.45) is -0.552. The van der Waals surface area contributed by atoms with Gasteiger partial charge in [0.2, 0.25) is 0 Å². The molecule has 5 nitrogen and oxygen atoms in total. The number of carbonyl (C=O) groups excluding carboxylic acids is 1. The number of nitrogens with zero attached hydrogens (tertiary/aromatic N) is 1. The average molecular weight is 298 g/mol. The zero-order chi connectivity index (χ0) is 14.7. The number of carboxylic acids is 1. The molecule has 1 aliphatic heterocycles. The molecule has 0 bridgehead atoms. The lowest BCUT2D eigenvalue weighted by molar-refractivity contribution is -0.141. The molecule has 6 heteroatoms. The van der Waals surface area contributed by atoms with E-state index >= 15 is 0 Å². The van der Waals surface area contributed by atoms with Crippen LogP contribution in [-0.4, -0.2) is 47.7 Å². The minimum atomic E-state index is -0.928. The SMILES string of the molecule is Cc1cc(Cl)cc(C(=O)N2CCO[C@@H](CC(=O)O)C2)c1. The van der Waals surface area contributed by atoms with Gasteiger partial charge in [-0.05, 0) is 30.7 Å². The Kier molecular flexibility index (Phi) is 4.62. The number of carbonyl (C=O) groups is 2. The number of morpholine rings is 1. The first-order valence-corrected chi connectivity index (χ1v) is 6.73. The van der Waals surface area contributed by atoms with Crippen LogP contribution < -0.4 is 0 Å². The van der Waals surface area contributed by atoms with Gasteiger partial charge in [-0.2, -0.15) is 0 Å². The average Bonchev–Trinajstić information content (AvgIpc) is 2.36. The highest BCUT2D eigenvalue weighted by Gasteiger charge is 2.26. The lowest BCUT2D eigenvalue weighted by atomic mass is 10.1. The summed E-state index contributed by atoms with van der Waals surface area (Å²) in [4.78, 5) is 24.7. The zero-order valence-electron chi connectivity index (χ0n) is 11.1. The number of rotatable bonds is 3. The molecular formula is C14H16ClNO4. The van der Waals surface area contributed by atoms with E-state index < -0.39 is 12.1 Å². The standard InChI is InChI=1S/C14H16ClNO4/c1-9-4-10(6-11(15)5-9)14(19)16-2-3-20-12(8-16)7-13(17)18/h4-6,12H,2-3,7-8H2,1H3,(H,17,18)/t12-/m0/s1. The van der Waals surface area contributed by atoms with Gasteiger partial charge in [0.25, 0.3) is 5.91 Å². The third kappa shape index (κ3) is 3.71. The molecule has 1 heterocycles. The molecule has 1 aromatic carbocycles. The van der Waals surface area contributed by atoms with Crippen molar-refractivity contribution in [3.63, 3.8) is 0 Å². The van der Waals surface area contributed by atoms with Gasteiger partial charge >= 0.3 is 5.97 Å². The molecule has 0 spiro atoms. The highest BCUT2D eigenvalue weighted by molar-refractivity contribution is 6.31. The molecule has 1 aromatic rings. The molecule has 1 atom stereocenters. The minimum Gasteiger partial charge on any atom is -0.481 e. The lowest BCUT2D eigenvalue weighted by Crippen LogP contribution is -2.46. The van der Waals surface area contributed by atoms with Crippen molar-refractivity contribution in [1.29, 1.82) is 0 Å². The van der Waals surface area contributed by atoms with Crippen LogP contribution in [0.2, 0.25) is 5.02 Å². The molecular weight excluding hydrogens is 282 g/mol. The van der Waals surface area contributed by atoms with Crippen molar-refractivity contribution in [3.8, 4) is 0 Å². The van der Waals surface area contributed by atoms with Crippen molar-refractivity contribution in [3.05, 3.63) is 34.3 Å². The first-order valence-electron chi connectivity index (χ1n) is 6.35. The van der Waals surface area contributed by atoms with Crippen molar-refractivity contribution in [1.82, 2.24) is 4.90 Å². The molecule has 2 rings (SSSR count). The maximum absolute atomic E-state index is 12.4. The quantitative estimate of drug-likeness (QED) is 0.926. The van der Waals surface area contributed by atoms with Gasteiger partial charge in [-0.3, -0.25) is 9.59 Å². The van der Waals surface area contributed by atoms with E-state index in [2.05, 4.69) is 0 Å². The van der Waals surface area contributed by atoms with E-state index in [1.165, 1.54) is 0 Å². The number of aliphatic carboxylic acids is 1. The van der Waals surface area contributed by atoms with Crippen molar-refractivity contribution in [2.75, 3.05) is 19.7 Å². The van der Waals surface area contributed by atoms with E-state index in [0.29, 0.717) is 23.7 Å². The van der Waals surface area contributed by atoms with Crippen LogP contribution in [0.3, 0.4) is 0 Å². The maximum Gasteiger partial charge on any atom is 0.306 e. The van der Waals surface area contributed by atoms with Gasteiger partial charge in [0.1, 0.15) is 0 Å². The van der Waals surface area contributed by atoms with Crippen LogP contribution in [0.15, 0.2) is 18.2 Å². The molecule has 0 aliphatic carbocycles. The summed E-state index contributed by atoms with van der Waals surface area (Å²) < 4.78 is 5.35. The Labute approximate surface area is 122 Å². The molecule has 20 heavy (non-hydrogen) atoms. The number of hydrogen-bond donors (Lipinski definition) is 1. The predicted molar refractivity (Wildman–Crippen MR) is 74.1 cm³/mol. The Bertz CT molecular complexity index is 512. The largest absolute Gasteiger partial charge is 0.481 e. The Morgan fingerprint density at radius 3 is 2.85 bits per heavy atom. The Morgan fingerprint density at radius 1 is 1.45 bits per heavy atom. The van der Waals surface area contributed by atoms with Gasteiger partial charge in [0.15, 0.2) is 0 Å². The summed E-state index contributed by atoms with van der Waals surface area (Å²) in [6, 6.07) is 5.18. The smallest absolute Gasteiger partial charge is 0.306 e. The summed E-state index contributed by atoms with van der Waals surface area (Å²) in [5.41, 5.74) is 1.43. The predicted octanol–water partition coefficient (Wildman–Crippen LogP) is 1.96. The van der Waals surface area contributed by atoms with Crippen LogP contribution in [0.1, 0.15) is 22.3 Å². The topological polar surface area (TPSA) is 66.8 Å². The molecule has 0 unspecified atom stereocenters. The summed E-state index contributed by atoms with van der Waals surface area (Å²) >= 11 is 5.96. The fraction of sp³-hybridized carbons (Fsp3) is 0.429. The van der Waals surface area contributed by atoms with Gasteiger partial charge in [-0.25, -0.2) is 0 Å². The van der Waals surface area contributed by atoms with Crippen molar-refractivity contribution >= 4 is 23.5 Å². The lowest BCUT2D eigenvalue weighted by Gasteiger charge is -2.32. The van der Waals surface area contributed by atoms with Crippen molar-refractivity contribution < 1.29 is 19.4 Å². The molecule has 0 saturated carbocycles. The molecule has 108 valence electrons. The highest BCUT2D eigenvalue weighted by atomic mass is 35.5. The normalized spacial score (nSPS) is 18.9. The van der Waals surface area contributed by atoms with Crippen LogP contribution in [0.4, 0.5) is 0 Å². The Balaban J connectivity index is 2.10. The van der Waals surface area contributed by atoms with E-state index in [-0.39, 0.29) is 18.9 Å². The molecule has 1 fully saturated rings. The zero-order valence-corrected chi connectivity index (χ0v) is 11.9. The van der Waals surface area contributed by atoms with Gasteiger partial charge in [-0.1, -0.05) is 11.6 Å². The summed E-state index contributed by atoms with van der Waals surface area (Å²) in [7, 11) is 0. The van der Waals surface area contributed by atoms with Gasteiger partial charge < -0.3 is 14.7 Å². The molecule has 1 amide bonds. The van der Waals surface area contributed by atoms with Crippen molar-refractivity contribution in [2.45, 2.75) is 19.4 Å². The van der Waals surface area contributed by atoms with E-state index in [1.54, 1.807) is 23.1 Å². The molecule has 1 saturated heterocycles. The fourth-order valence-corrected chi connectivity index (χ4v) is 2.55. The summed E-state index contributed by atoms with van der Waals surface area (Å²) in [6.45, 7) is 2.97. The van der Waals surface area contributed by atoms with E-state index in [4.69, 9.17) is 21.4 Å². The Hall–Kier alpha value is -1.59. The number of aryl methyl sites for hydroxylation is 1. The molecule has 1 N–H and O–H groups in total. The van der Waals surface area contributed by atoms with E-state index in [0.717, 1.165) is 5.56 Å². The molecule has 1 aliphatic rings. The first kappa shape index (κ1) is 14.8. The maximum atomic E-state index is 12.4. The third-order valence-electron chi connectivity index (χ3n) is 3.12. The first-order chi connectivity index (χ1) is 9.45. The molecule has 0 aromatic heterocycles. The number of amides is 1. The second-order valence-corrected chi connectivity index (χ2v) is 5.30. The number of halogens is 1. The number of hydrogen-bond acceptors (Lipinski definition) is 3. The van der Waals surface area contributed by atoms with Crippen molar-refractivity contribution in [2.24, 2.45) is 0 Å². The van der Waals surface area contributed by atoms with Gasteiger partial charge in [0.05, 0.1) is 19.1 Å². The van der Waals surface area contributed by atoms with E-state index in [9.17, 15) is 9.59 Å². The highest BCUT2D eigenvalue weighted by Crippen LogP contribution is 2.18. The van der Waals surface area contributed by atoms with Crippen LogP contribution in [0, 0.1) is 6.92 Å². The van der Waals surface area contributed by atoms with Crippen LogP contribution in [0.25, 0.3) is 0 Å². The third-order valence-corrected chi connectivity index (χ3v) is 3.34. The Morgan fingerprint density at radius 2 is 2.20 bits per heavy atom. The minimum absolute atomic E-state index is 0.0989. The monoisotopic (exact) mass is 297 g/mol. The number of ether oxygens (including phenoxy) is 1.